The van der Waals surface area contributed by atoms with Gasteiger partial charge in [0.1, 0.15) is 4.38 Å². The van der Waals surface area contributed by atoms with E-state index < -0.39 is 0 Å². The highest BCUT2D eigenvalue weighted by Crippen LogP contribution is 2.36. The molecule has 2 rings (SSSR count). The number of aliphatic imine (C=N–C) groups is 1. The van der Waals surface area contributed by atoms with Gasteiger partial charge in [-0.15, -0.1) is 11.8 Å². The molecule has 0 saturated heterocycles. The lowest BCUT2D eigenvalue weighted by Crippen LogP contribution is -1.92. The fourth-order valence-corrected chi connectivity index (χ4v) is 3.03. The van der Waals surface area contributed by atoms with Crippen molar-refractivity contribution in [3.8, 4) is 0 Å². The lowest BCUT2D eigenvalue weighted by atomic mass is 10.1. The molecule has 0 radical (unpaired) electrons. The standard InChI is InChI=1S/C12H10ClNOS2/c1-7(8-3-5-9(13)6-4-8)10-11(15)14-12(16-2)17-10/h3-6H,1-2H3. The summed E-state index contributed by atoms with van der Waals surface area (Å²) in [6.45, 7) is 1.93. The number of hydrogen-bond acceptors (Lipinski definition) is 3. The summed E-state index contributed by atoms with van der Waals surface area (Å²) in [5.41, 5.74) is 1.95. The Hall–Kier alpha value is -0.710. The molecule has 0 N–H and O–H groups in total. The van der Waals surface area contributed by atoms with Crippen LogP contribution in [0.25, 0.3) is 5.57 Å². The summed E-state index contributed by atoms with van der Waals surface area (Å²) in [5, 5.41) is 0.693. The van der Waals surface area contributed by atoms with Crippen LogP contribution in [0.5, 0.6) is 0 Å². The first-order valence-corrected chi connectivity index (χ1v) is 7.35. The smallest absolute Gasteiger partial charge is 0.266 e. The maximum Gasteiger partial charge on any atom is 0.285 e. The van der Waals surface area contributed by atoms with Gasteiger partial charge < -0.3 is 0 Å². The minimum absolute atomic E-state index is 0.146. The third kappa shape index (κ3) is 2.76. The zero-order valence-corrected chi connectivity index (χ0v) is 11.7. The molecule has 1 aliphatic heterocycles. The minimum atomic E-state index is -0.146. The van der Waals surface area contributed by atoms with E-state index in [0.29, 0.717) is 9.93 Å². The Labute approximate surface area is 114 Å². The number of rotatable bonds is 1. The van der Waals surface area contributed by atoms with Crippen molar-refractivity contribution in [2.75, 3.05) is 6.26 Å². The second kappa shape index (κ2) is 5.29. The van der Waals surface area contributed by atoms with Crippen LogP contribution in [0.1, 0.15) is 12.5 Å². The average Bonchev–Trinajstić information content (AvgIpc) is 2.71. The van der Waals surface area contributed by atoms with E-state index in [1.54, 1.807) is 0 Å². The van der Waals surface area contributed by atoms with E-state index >= 15 is 0 Å². The molecule has 5 heteroatoms. The molecule has 0 saturated carbocycles. The van der Waals surface area contributed by atoms with Crippen LogP contribution in [0.3, 0.4) is 0 Å². The molecule has 1 aromatic carbocycles. The molecule has 2 nitrogen and oxygen atoms in total. The molecule has 0 spiro atoms. The van der Waals surface area contributed by atoms with Gasteiger partial charge in [0.15, 0.2) is 0 Å². The SMILES string of the molecule is CSC1=NC(=O)C(=C(C)c2ccc(Cl)cc2)S1. The van der Waals surface area contributed by atoms with E-state index in [1.807, 2.05) is 37.4 Å². The number of thioether (sulfide) groups is 2. The fraction of sp³-hybridized carbons (Fsp3) is 0.167. The van der Waals surface area contributed by atoms with E-state index in [-0.39, 0.29) is 5.91 Å². The van der Waals surface area contributed by atoms with Crippen LogP contribution in [0, 0.1) is 0 Å². The van der Waals surface area contributed by atoms with Crippen molar-refractivity contribution >= 4 is 51.0 Å². The number of carbonyl (C=O) groups is 1. The Morgan fingerprint density at radius 2 is 2.00 bits per heavy atom. The van der Waals surface area contributed by atoms with Crippen molar-refractivity contribution in [2.45, 2.75) is 6.92 Å². The largest absolute Gasteiger partial charge is 0.285 e. The minimum Gasteiger partial charge on any atom is -0.266 e. The van der Waals surface area contributed by atoms with Crippen LogP contribution in [0.15, 0.2) is 34.2 Å². The molecule has 0 aromatic heterocycles. The van der Waals surface area contributed by atoms with Crippen molar-refractivity contribution in [1.82, 2.24) is 0 Å². The van der Waals surface area contributed by atoms with Crippen LogP contribution in [0.2, 0.25) is 5.02 Å². The predicted octanol–water partition coefficient (Wildman–Crippen LogP) is 4.06. The topological polar surface area (TPSA) is 29.4 Å². The molecule has 17 heavy (non-hydrogen) atoms. The van der Waals surface area contributed by atoms with Gasteiger partial charge in [0, 0.05) is 5.02 Å². The van der Waals surface area contributed by atoms with Gasteiger partial charge in [-0.2, -0.15) is 4.99 Å². The predicted molar refractivity (Wildman–Crippen MR) is 77.6 cm³/mol. The van der Waals surface area contributed by atoms with E-state index in [9.17, 15) is 4.79 Å². The summed E-state index contributed by atoms with van der Waals surface area (Å²) in [6, 6.07) is 7.47. The lowest BCUT2D eigenvalue weighted by Gasteiger charge is -2.04. The van der Waals surface area contributed by atoms with Gasteiger partial charge in [0.05, 0.1) is 4.91 Å². The Morgan fingerprint density at radius 3 is 2.53 bits per heavy atom. The monoisotopic (exact) mass is 283 g/mol. The van der Waals surface area contributed by atoms with Gasteiger partial charge in [0.2, 0.25) is 0 Å². The van der Waals surface area contributed by atoms with Crippen LogP contribution >= 0.6 is 35.1 Å². The Kier molecular flexibility index (Phi) is 3.97. The number of hydrogen-bond donors (Lipinski definition) is 0. The van der Waals surface area contributed by atoms with Crippen LogP contribution in [0.4, 0.5) is 0 Å². The number of benzene rings is 1. The highest BCUT2D eigenvalue weighted by molar-refractivity contribution is 8.41. The van der Waals surface area contributed by atoms with Crippen molar-refractivity contribution in [1.29, 1.82) is 0 Å². The second-order valence-electron chi connectivity index (χ2n) is 3.45. The molecule has 88 valence electrons. The summed E-state index contributed by atoms with van der Waals surface area (Å²) in [5.74, 6) is -0.146. The van der Waals surface area contributed by atoms with Gasteiger partial charge in [-0.05, 0) is 36.4 Å². The molecule has 1 aromatic rings. The summed E-state index contributed by atoms with van der Waals surface area (Å²) < 4.78 is 0.804. The second-order valence-corrected chi connectivity index (χ2v) is 5.94. The maximum absolute atomic E-state index is 11.7. The van der Waals surface area contributed by atoms with Crippen molar-refractivity contribution in [3.63, 3.8) is 0 Å². The summed E-state index contributed by atoms with van der Waals surface area (Å²) in [4.78, 5) is 16.4. The molecule has 0 atom stereocenters. The molecule has 0 bridgehead atoms. The molecule has 1 heterocycles. The summed E-state index contributed by atoms with van der Waals surface area (Å²) >= 11 is 8.76. The van der Waals surface area contributed by atoms with E-state index in [4.69, 9.17) is 11.6 Å². The molecule has 0 unspecified atom stereocenters. The highest BCUT2D eigenvalue weighted by Gasteiger charge is 2.23. The fourth-order valence-electron chi connectivity index (χ4n) is 1.44. The van der Waals surface area contributed by atoms with Crippen LogP contribution in [-0.2, 0) is 4.79 Å². The molecule has 0 fully saturated rings. The van der Waals surface area contributed by atoms with Gasteiger partial charge >= 0.3 is 0 Å². The van der Waals surface area contributed by atoms with Gasteiger partial charge in [-0.25, -0.2) is 0 Å². The number of nitrogens with zero attached hydrogens (tertiary/aromatic N) is 1. The Balaban J connectivity index is 2.34. The molecule has 1 aliphatic rings. The Bertz CT molecular complexity index is 520. The zero-order valence-electron chi connectivity index (χ0n) is 9.36. The third-order valence-electron chi connectivity index (χ3n) is 2.37. The number of carbonyl (C=O) groups excluding carboxylic acids is 1. The molecular weight excluding hydrogens is 274 g/mol. The van der Waals surface area contributed by atoms with E-state index in [0.717, 1.165) is 15.5 Å². The van der Waals surface area contributed by atoms with Gasteiger partial charge in [-0.1, -0.05) is 35.5 Å². The number of halogens is 1. The van der Waals surface area contributed by atoms with Crippen molar-refractivity contribution in [2.24, 2.45) is 4.99 Å². The first-order chi connectivity index (χ1) is 8.11. The highest BCUT2D eigenvalue weighted by atomic mass is 35.5. The summed E-state index contributed by atoms with van der Waals surface area (Å²) in [7, 11) is 0. The Morgan fingerprint density at radius 1 is 1.35 bits per heavy atom. The first-order valence-electron chi connectivity index (χ1n) is 4.93. The molecule has 1 amide bonds. The first kappa shape index (κ1) is 12.7. The van der Waals surface area contributed by atoms with Crippen LogP contribution in [-0.4, -0.2) is 16.5 Å². The maximum atomic E-state index is 11.7. The van der Waals surface area contributed by atoms with Crippen LogP contribution < -0.4 is 0 Å². The summed E-state index contributed by atoms with van der Waals surface area (Å²) in [6.07, 6.45) is 1.92. The van der Waals surface area contributed by atoms with Gasteiger partial charge in [0.25, 0.3) is 5.91 Å². The van der Waals surface area contributed by atoms with Gasteiger partial charge in [-0.3, -0.25) is 4.79 Å². The van der Waals surface area contributed by atoms with Crippen molar-refractivity contribution < 1.29 is 4.79 Å². The zero-order chi connectivity index (χ0) is 12.4. The average molecular weight is 284 g/mol. The van der Waals surface area contributed by atoms with Crippen molar-refractivity contribution in [3.05, 3.63) is 39.8 Å². The van der Waals surface area contributed by atoms with E-state index in [2.05, 4.69) is 4.99 Å². The normalized spacial score (nSPS) is 18.3. The molecular formula is C12H10ClNOS2. The third-order valence-corrected chi connectivity index (χ3v) is 4.76. The lowest BCUT2D eigenvalue weighted by molar-refractivity contribution is -0.113. The number of amides is 1. The van der Waals surface area contributed by atoms with E-state index in [1.165, 1.54) is 23.5 Å². The quantitative estimate of drug-likeness (QED) is 0.728. The number of allylic oxidation sites excluding steroid dienone is 1. The molecule has 0 aliphatic carbocycles.